The van der Waals surface area contributed by atoms with Gasteiger partial charge in [-0.05, 0) is 42.7 Å². The minimum absolute atomic E-state index is 0.270. The Morgan fingerprint density at radius 1 is 1.44 bits per heavy atom. The summed E-state index contributed by atoms with van der Waals surface area (Å²) >= 11 is 0. The molecule has 1 aliphatic rings. The number of carbonyl (C=O) groups excluding carboxylic acids is 1. The zero-order chi connectivity index (χ0) is 12.3. The molecule has 0 fully saturated rings. The molecule has 0 saturated heterocycles. The number of ketones is 1. The van der Waals surface area contributed by atoms with Gasteiger partial charge >= 0.3 is 0 Å². The molecule has 0 amide bonds. The molecule has 0 aromatic carbocycles. The smallest absolute Gasteiger partial charge is 0.156 e. The van der Waals surface area contributed by atoms with E-state index in [4.69, 9.17) is 0 Å². The lowest BCUT2D eigenvalue weighted by molar-refractivity contribution is -0.115. The summed E-state index contributed by atoms with van der Waals surface area (Å²) in [6.45, 7) is 10.9. The van der Waals surface area contributed by atoms with Gasteiger partial charge in [0.05, 0.1) is 0 Å². The van der Waals surface area contributed by atoms with Crippen molar-refractivity contribution in [2.24, 2.45) is 11.3 Å². The second kappa shape index (κ2) is 4.99. The minimum Gasteiger partial charge on any atom is -0.295 e. The topological polar surface area (TPSA) is 17.1 Å². The number of allylic oxidation sites excluding steroid dienone is 4. The van der Waals surface area contributed by atoms with E-state index in [1.807, 2.05) is 6.08 Å². The van der Waals surface area contributed by atoms with E-state index < -0.39 is 0 Å². The lowest BCUT2D eigenvalue weighted by atomic mass is 9.75. The van der Waals surface area contributed by atoms with Crippen molar-refractivity contribution in [3.05, 3.63) is 23.3 Å². The van der Waals surface area contributed by atoms with Crippen molar-refractivity contribution >= 4 is 5.78 Å². The lowest BCUT2D eigenvalue weighted by Gasteiger charge is -2.30. The molecular weight excluding hydrogens is 196 g/mol. The van der Waals surface area contributed by atoms with Crippen molar-refractivity contribution in [3.63, 3.8) is 0 Å². The first-order valence-electron chi connectivity index (χ1n) is 6.19. The van der Waals surface area contributed by atoms with Crippen molar-refractivity contribution < 1.29 is 4.79 Å². The molecule has 16 heavy (non-hydrogen) atoms. The molecule has 0 bridgehead atoms. The number of hydrogen-bond donors (Lipinski definition) is 0. The molecule has 1 nitrogen and oxygen atoms in total. The summed E-state index contributed by atoms with van der Waals surface area (Å²) in [4.78, 5) is 11.7. The molecule has 0 unspecified atom stereocenters. The highest BCUT2D eigenvalue weighted by Crippen LogP contribution is 2.37. The summed E-state index contributed by atoms with van der Waals surface area (Å²) in [5.41, 5.74) is 2.90. The van der Waals surface area contributed by atoms with Gasteiger partial charge in [0.25, 0.3) is 0 Å². The average Bonchev–Trinajstić information content (AvgIpc) is 1.95. The van der Waals surface area contributed by atoms with Gasteiger partial charge in [-0.15, -0.1) is 0 Å². The molecule has 0 aromatic heterocycles. The molecule has 0 aliphatic heterocycles. The van der Waals surface area contributed by atoms with Gasteiger partial charge in [0.1, 0.15) is 0 Å². The summed E-state index contributed by atoms with van der Waals surface area (Å²) in [5.74, 6) is 0.720. The van der Waals surface area contributed by atoms with Crippen LogP contribution in [0.5, 0.6) is 0 Å². The summed E-state index contributed by atoms with van der Waals surface area (Å²) in [7, 11) is 0. The first-order chi connectivity index (χ1) is 7.28. The maximum absolute atomic E-state index is 11.7. The van der Waals surface area contributed by atoms with E-state index >= 15 is 0 Å². The summed E-state index contributed by atoms with van der Waals surface area (Å²) < 4.78 is 0. The first kappa shape index (κ1) is 13.2. The Balaban J connectivity index is 2.77. The molecular formula is C15H24O. The van der Waals surface area contributed by atoms with Crippen molar-refractivity contribution in [2.45, 2.75) is 53.9 Å². The Labute approximate surface area is 99.6 Å². The summed E-state index contributed by atoms with van der Waals surface area (Å²) in [6, 6.07) is 0. The van der Waals surface area contributed by atoms with E-state index in [1.165, 1.54) is 11.1 Å². The third kappa shape index (κ3) is 4.34. The third-order valence-electron chi connectivity index (χ3n) is 2.83. The molecule has 1 heteroatoms. The fourth-order valence-electron chi connectivity index (χ4n) is 2.55. The highest BCUT2D eigenvalue weighted by molar-refractivity contribution is 5.90. The fraction of sp³-hybridized carbons (Fsp3) is 0.667. The monoisotopic (exact) mass is 220 g/mol. The molecule has 0 spiro atoms. The Kier molecular flexibility index (Phi) is 4.12. The highest BCUT2D eigenvalue weighted by Gasteiger charge is 2.23. The Morgan fingerprint density at radius 3 is 2.56 bits per heavy atom. The first-order valence-corrected chi connectivity index (χ1v) is 6.19. The summed E-state index contributed by atoms with van der Waals surface area (Å²) in [6.07, 6.45) is 6.86. The van der Waals surface area contributed by atoms with E-state index in [0.29, 0.717) is 17.8 Å². The van der Waals surface area contributed by atoms with Gasteiger partial charge in [-0.1, -0.05) is 39.3 Å². The maximum atomic E-state index is 11.7. The average molecular weight is 220 g/mol. The van der Waals surface area contributed by atoms with Crippen LogP contribution in [0.4, 0.5) is 0 Å². The zero-order valence-electron chi connectivity index (χ0n) is 11.3. The van der Waals surface area contributed by atoms with E-state index in [2.05, 4.69) is 40.7 Å². The molecule has 0 saturated carbocycles. The number of hydrogen-bond acceptors (Lipinski definition) is 1. The van der Waals surface area contributed by atoms with Crippen molar-refractivity contribution in [1.82, 2.24) is 0 Å². The lowest BCUT2D eigenvalue weighted by Crippen LogP contribution is -2.17. The molecule has 0 atom stereocenters. The van der Waals surface area contributed by atoms with Crippen LogP contribution in [0.1, 0.15) is 53.9 Å². The standard InChI is InChI=1S/C15H24O/c1-11(2)6-14(16)8-13-7-12(3)9-15(4,5)10-13/h7-8,11H,6,9-10H2,1-5H3/b13-8+. The van der Waals surface area contributed by atoms with E-state index in [9.17, 15) is 4.79 Å². The van der Waals surface area contributed by atoms with Crippen LogP contribution in [-0.2, 0) is 4.79 Å². The molecule has 90 valence electrons. The second-order valence-corrected chi connectivity index (χ2v) is 6.29. The van der Waals surface area contributed by atoms with E-state index in [0.717, 1.165) is 12.8 Å². The van der Waals surface area contributed by atoms with Crippen LogP contribution >= 0.6 is 0 Å². The highest BCUT2D eigenvalue weighted by atomic mass is 16.1. The van der Waals surface area contributed by atoms with Crippen LogP contribution in [0.15, 0.2) is 23.3 Å². The summed E-state index contributed by atoms with van der Waals surface area (Å²) in [5, 5.41) is 0. The van der Waals surface area contributed by atoms with Gasteiger partial charge in [0.2, 0.25) is 0 Å². The normalized spacial score (nSPS) is 22.4. The molecule has 0 heterocycles. The molecule has 0 aromatic rings. The predicted molar refractivity (Wildman–Crippen MR) is 69.3 cm³/mol. The van der Waals surface area contributed by atoms with Crippen LogP contribution in [0.25, 0.3) is 0 Å². The number of rotatable bonds is 3. The predicted octanol–water partition coefficient (Wildman–Crippen LogP) is 4.29. The van der Waals surface area contributed by atoms with Gasteiger partial charge in [-0.3, -0.25) is 4.79 Å². The van der Waals surface area contributed by atoms with Crippen LogP contribution in [0, 0.1) is 11.3 Å². The zero-order valence-corrected chi connectivity index (χ0v) is 11.3. The molecule has 0 N–H and O–H groups in total. The van der Waals surface area contributed by atoms with Crippen LogP contribution in [-0.4, -0.2) is 5.78 Å². The van der Waals surface area contributed by atoms with E-state index in [-0.39, 0.29) is 5.78 Å². The van der Waals surface area contributed by atoms with Crippen molar-refractivity contribution in [1.29, 1.82) is 0 Å². The quantitative estimate of drug-likeness (QED) is 0.648. The maximum Gasteiger partial charge on any atom is 0.156 e. The SMILES string of the molecule is CC1=C/C(=C\C(=O)CC(C)C)CC(C)(C)C1. The molecule has 0 radical (unpaired) electrons. The van der Waals surface area contributed by atoms with Gasteiger partial charge in [0, 0.05) is 6.42 Å². The van der Waals surface area contributed by atoms with Crippen LogP contribution in [0.3, 0.4) is 0 Å². The van der Waals surface area contributed by atoms with Crippen molar-refractivity contribution in [3.8, 4) is 0 Å². The number of carbonyl (C=O) groups is 1. The van der Waals surface area contributed by atoms with E-state index in [1.54, 1.807) is 0 Å². The van der Waals surface area contributed by atoms with Gasteiger partial charge < -0.3 is 0 Å². The Morgan fingerprint density at radius 2 is 2.06 bits per heavy atom. The molecule has 1 rings (SSSR count). The fourth-order valence-corrected chi connectivity index (χ4v) is 2.55. The van der Waals surface area contributed by atoms with Gasteiger partial charge in [-0.2, -0.15) is 0 Å². The minimum atomic E-state index is 0.270. The van der Waals surface area contributed by atoms with Gasteiger partial charge in [0.15, 0.2) is 5.78 Å². The second-order valence-electron chi connectivity index (χ2n) is 6.29. The Bertz CT molecular complexity index is 329. The van der Waals surface area contributed by atoms with Crippen LogP contribution in [0.2, 0.25) is 0 Å². The molecule has 1 aliphatic carbocycles. The van der Waals surface area contributed by atoms with Gasteiger partial charge in [-0.25, -0.2) is 0 Å². The van der Waals surface area contributed by atoms with Crippen molar-refractivity contribution in [2.75, 3.05) is 0 Å². The van der Waals surface area contributed by atoms with Crippen LogP contribution < -0.4 is 0 Å². The Hall–Kier alpha value is -0.850. The third-order valence-corrected chi connectivity index (χ3v) is 2.83. The largest absolute Gasteiger partial charge is 0.295 e.